The molecule has 3 aromatic rings. The third-order valence-corrected chi connectivity index (χ3v) is 5.55. The predicted molar refractivity (Wildman–Crippen MR) is 128 cm³/mol. The minimum atomic E-state index is -1.42. The number of hydrogen-bond donors (Lipinski definition) is 3. The zero-order valence-corrected chi connectivity index (χ0v) is 17.7. The summed E-state index contributed by atoms with van der Waals surface area (Å²) in [5.74, 6) is 0.0272. The Morgan fingerprint density at radius 2 is 1.84 bits per heavy atom. The molecule has 4 N–H and O–H groups in total. The maximum atomic E-state index is 12.4. The van der Waals surface area contributed by atoms with Crippen molar-refractivity contribution in [2.75, 3.05) is 31.1 Å². The lowest BCUT2D eigenvalue weighted by atomic mass is 10.1. The van der Waals surface area contributed by atoms with Crippen molar-refractivity contribution in [1.29, 1.82) is 0 Å². The highest BCUT2D eigenvalue weighted by molar-refractivity contribution is 5.92. The van der Waals surface area contributed by atoms with Gasteiger partial charge >= 0.3 is 0 Å². The number of amides is 2. The molecule has 1 aliphatic heterocycles. The molecule has 1 fully saturated rings. The number of benzene rings is 2. The molecule has 1 aliphatic rings. The number of nitrogens with zero attached hydrogens (tertiary/aromatic N) is 4. The summed E-state index contributed by atoms with van der Waals surface area (Å²) in [7, 11) is 0. The van der Waals surface area contributed by atoms with Crippen LogP contribution in [-0.2, 0) is 9.59 Å². The number of phenols is 1. The fourth-order valence-electron chi connectivity index (χ4n) is 3.87. The Labute approximate surface area is 191 Å². The van der Waals surface area contributed by atoms with E-state index in [1.165, 1.54) is 4.90 Å². The third-order valence-electron chi connectivity index (χ3n) is 5.55. The molecular weight excluding hydrogens is 410 g/mol. The number of aliphatic hydroxyl groups is 1. The van der Waals surface area contributed by atoms with Crippen molar-refractivity contribution in [1.82, 2.24) is 14.9 Å². The monoisotopic (exact) mass is 443 g/mol. The molecule has 32 heavy (non-hydrogen) atoms. The van der Waals surface area contributed by atoms with E-state index in [0.717, 1.165) is 22.3 Å². The SMILES string of the molecule is Cc1ccc2c(N3CCN(C(=O)[C@H](O)CC(N)=O)CC3)nc(-c3ccccc3O)nc2c1.[HH].[HH].[HH].[HH]. The number of primary amides is 1. The summed E-state index contributed by atoms with van der Waals surface area (Å²) >= 11 is 0. The zero-order chi connectivity index (χ0) is 22.8. The first-order valence-corrected chi connectivity index (χ1v) is 10.4. The molecule has 2 heterocycles. The molecule has 1 saturated heterocycles. The molecule has 2 amide bonds. The van der Waals surface area contributed by atoms with Gasteiger partial charge in [0.1, 0.15) is 17.7 Å². The van der Waals surface area contributed by atoms with Crippen molar-refractivity contribution in [2.24, 2.45) is 5.73 Å². The van der Waals surface area contributed by atoms with Crippen LogP contribution in [0.1, 0.15) is 17.7 Å². The van der Waals surface area contributed by atoms with Crippen LogP contribution in [0.2, 0.25) is 0 Å². The molecule has 1 atom stereocenters. The fourth-order valence-corrected chi connectivity index (χ4v) is 3.87. The number of anilines is 1. The van der Waals surface area contributed by atoms with Gasteiger partial charge in [-0.05, 0) is 36.8 Å². The first kappa shape index (κ1) is 21.5. The molecule has 0 unspecified atom stereocenters. The van der Waals surface area contributed by atoms with Crippen molar-refractivity contribution >= 4 is 28.5 Å². The normalized spacial score (nSPS) is 15.1. The second kappa shape index (κ2) is 8.80. The summed E-state index contributed by atoms with van der Waals surface area (Å²) in [5, 5.41) is 21.1. The Morgan fingerprint density at radius 1 is 1.12 bits per heavy atom. The van der Waals surface area contributed by atoms with Crippen LogP contribution in [0.5, 0.6) is 5.75 Å². The van der Waals surface area contributed by atoms with Crippen LogP contribution in [0.4, 0.5) is 5.82 Å². The highest BCUT2D eigenvalue weighted by atomic mass is 16.3. The van der Waals surface area contributed by atoms with Crippen LogP contribution >= 0.6 is 0 Å². The van der Waals surface area contributed by atoms with E-state index < -0.39 is 24.3 Å². The number of piperazine rings is 1. The molecule has 9 nitrogen and oxygen atoms in total. The number of rotatable bonds is 5. The van der Waals surface area contributed by atoms with Crippen LogP contribution < -0.4 is 10.6 Å². The number of para-hydroxylation sites is 1. The average Bonchev–Trinajstić information content (AvgIpc) is 2.77. The quantitative estimate of drug-likeness (QED) is 0.550. The number of phenolic OH excluding ortho intramolecular Hbond substituents is 1. The first-order chi connectivity index (χ1) is 15.3. The molecule has 0 saturated carbocycles. The van der Waals surface area contributed by atoms with Gasteiger partial charge in [-0.3, -0.25) is 9.59 Å². The number of aliphatic hydroxyl groups excluding tert-OH is 1. The number of aryl methyl sites for hydroxylation is 1. The number of hydrogen-bond acceptors (Lipinski definition) is 7. The minimum Gasteiger partial charge on any atom is -0.507 e. The highest BCUT2D eigenvalue weighted by Crippen LogP contribution is 2.32. The van der Waals surface area contributed by atoms with E-state index in [9.17, 15) is 19.8 Å². The molecule has 0 aliphatic carbocycles. The number of fused-ring (bicyclic) bond motifs is 1. The maximum Gasteiger partial charge on any atom is 0.252 e. The van der Waals surface area contributed by atoms with Gasteiger partial charge in [-0.1, -0.05) is 18.2 Å². The Bertz CT molecular complexity index is 1190. The summed E-state index contributed by atoms with van der Waals surface area (Å²) in [5.41, 5.74) is 7.45. The largest absolute Gasteiger partial charge is 0.507 e. The number of carbonyl (C=O) groups excluding carboxylic acids is 2. The van der Waals surface area contributed by atoms with Crippen LogP contribution in [0, 0.1) is 6.92 Å². The number of nitrogens with two attached hydrogens (primary N) is 1. The van der Waals surface area contributed by atoms with Gasteiger partial charge in [-0.15, -0.1) is 0 Å². The van der Waals surface area contributed by atoms with Crippen LogP contribution in [0.3, 0.4) is 0 Å². The van der Waals surface area contributed by atoms with Crippen molar-refractivity contribution in [2.45, 2.75) is 19.4 Å². The maximum absolute atomic E-state index is 12.4. The molecule has 4 rings (SSSR count). The van der Waals surface area contributed by atoms with Gasteiger partial charge in [0.05, 0.1) is 17.5 Å². The summed E-state index contributed by atoms with van der Waals surface area (Å²) in [6.45, 7) is 3.73. The van der Waals surface area contributed by atoms with Crippen molar-refractivity contribution < 1.29 is 25.5 Å². The summed E-state index contributed by atoms with van der Waals surface area (Å²) in [6.07, 6.45) is -1.81. The van der Waals surface area contributed by atoms with Crippen molar-refractivity contribution in [3.8, 4) is 17.1 Å². The van der Waals surface area contributed by atoms with E-state index in [1.807, 2.05) is 31.2 Å². The van der Waals surface area contributed by atoms with Crippen LogP contribution in [0.15, 0.2) is 42.5 Å². The van der Waals surface area contributed by atoms with Gasteiger partial charge in [0.25, 0.3) is 5.91 Å². The molecular formula is C23H33N5O4. The Morgan fingerprint density at radius 3 is 2.53 bits per heavy atom. The van der Waals surface area contributed by atoms with Gasteiger partial charge in [0.2, 0.25) is 5.91 Å². The summed E-state index contributed by atoms with van der Waals surface area (Å²) in [6, 6.07) is 12.9. The Hall–Kier alpha value is -3.72. The second-order valence-corrected chi connectivity index (χ2v) is 7.91. The van der Waals surface area contributed by atoms with Gasteiger partial charge in [-0.2, -0.15) is 0 Å². The fraction of sp³-hybridized carbons (Fsp3) is 0.304. The van der Waals surface area contributed by atoms with E-state index >= 15 is 0 Å². The first-order valence-electron chi connectivity index (χ1n) is 10.4. The Balaban J connectivity index is 0.00000306. The topological polar surface area (TPSA) is 133 Å². The van der Waals surface area contributed by atoms with E-state index in [4.69, 9.17) is 10.7 Å². The molecule has 0 spiro atoms. The van der Waals surface area contributed by atoms with E-state index in [0.29, 0.717) is 37.6 Å². The summed E-state index contributed by atoms with van der Waals surface area (Å²) in [4.78, 5) is 36.4. The smallest absolute Gasteiger partial charge is 0.252 e. The molecule has 1 aromatic heterocycles. The van der Waals surface area contributed by atoms with E-state index in [1.54, 1.807) is 18.2 Å². The predicted octanol–water partition coefficient (Wildman–Crippen LogP) is 2.18. The third kappa shape index (κ3) is 4.33. The van der Waals surface area contributed by atoms with E-state index in [-0.39, 0.29) is 11.5 Å². The lowest BCUT2D eigenvalue weighted by Gasteiger charge is -2.36. The lowest BCUT2D eigenvalue weighted by Crippen LogP contribution is -2.52. The summed E-state index contributed by atoms with van der Waals surface area (Å²) < 4.78 is 0. The molecule has 0 radical (unpaired) electrons. The molecule has 174 valence electrons. The van der Waals surface area contributed by atoms with Crippen molar-refractivity contribution in [3.05, 3.63) is 48.0 Å². The second-order valence-electron chi connectivity index (χ2n) is 7.91. The average molecular weight is 444 g/mol. The van der Waals surface area contributed by atoms with Gasteiger partial charge in [0.15, 0.2) is 5.82 Å². The Kier molecular flexibility index (Phi) is 5.91. The number of carbonyl (C=O) groups is 2. The number of aromatic nitrogens is 2. The molecule has 9 heteroatoms. The van der Waals surface area contributed by atoms with Crippen LogP contribution in [0.25, 0.3) is 22.3 Å². The van der Waals surface area contributed by atoms with E-state index in [2.05, 4.69) is 9.88 Å². The highest BCUT2D eigenvalue weighted by Gasteiger charge is 2.28. The van der Waals surface area contributed by atoms with Crippen molar-refractivity contribution in [3.63, 3.8) is 0 Å². The van der Waals surface area contributed by atoms with Crippen LogP contribution in [-0.4, -0.2) is 69.2 Å². The number of aromatic hydroxyl groups is 1. The minimum absolute atomic E-state index is 0. The van der Waals surface area contributed by atoms with Gasteiger partial charge in [-0.25, -0.2) is 9.97 Å². The molecule has 2 aromatic carbocycles. The molecule has 0 bridgehead atoms. The zero-order valence-electron chi connectivity index (χ0n) is 17.7. The standard InChI is InChI=1S/C23H25N5O4.4H2/c1-14-6-7-15-17(12-14)25-21(16-4-2-3-5-18(16)29)26-22(15)27-8-10-28(11-9-27)23(32)19(30)13-20(24)31;;;;/h2-7,12,19,29-30H,8-11,13H2,1H3,(H2,24,31);4*1H/t19-;;;;/m1..../s1. The van der Waals surface area contributed by atoms with Gasteiger partial charge in [0, 0.05) is 37.3 Å². The lowest BCUT2D eigenvalue weighted by molar-refractivity contribution is -0.143. The van der Waals surface area contributed by atoms with Gasteiger partial charge < -0.3 is 25.7 Å².